The molecule has 0 bridgehead atoms. The number of hydrogen-bond acceptors (Lipinski definition) is 4. The third kappa shape index (κ3) is 4.82. The summed E-state index contributed by atoms with van der Waals surface area (Å²) in [5.74, 6) is 0.803. The fourth-order valence-corrected chi connectivity index (χ4v) is 3.88. The lowest BCUT2D eigenvalue weighted by Gasteiger charge is -2.17. The highest BCUT2D eigenvalue weighted by molar-refractivity contribution is 6.07. The largest absolute Gasteiger partial charge is 0.497 e. The number of fused-ring (bicyclic) bond motifs is 1. The third-order valence-corrected chi connectivity index (χ3v) is 5.62. The Morgan fingerprint density at radius 1 is 1.03 bits per heavy atom. The van der Waals surface area contributed by atoms with Crippen molar-refractivity contribution in [2.75, 3.05) is 12.4 Å². The van der Waals surface area contributed by atoms with Gasteiger partial charge in [-0.05, 0) is 54.7 Å². The molecule has 5 nitrogen and oxygen atoms in total. The van der Waals surface area contributed by atoms with Crippen LogP contribution >= 0.6 is 0 Å². The van der Waals surface area contributed by atoms with Gasteiger partial charge in [0.15, 0.2) is 0 Å². The number of nitrogens with one attached hydrogen (secondary N) is 1. The van der Waals surface area contributed by atoms with E-state index < -0.39 is 5.91 Å². The number of ether oxygens (including phenoxy) is 1. The lowest BCUT2D eigenvalue weighted by molar-refractivity contribution is 0.102. The molecule has 31 heavy (non-hydrogen) atoms. The lowest BCUT2D eigenvalue weighted by atomic mass is 10.0. The number of carbonyl (C=O) groups excluding carboxylic acids is 1. The van der Waals surface area contributed by atoms with Crippen LogP contribution in [0.25, 0.3) is 11.0 Å². The van der Waals surface area contributed by atoms with Gasteiger partial charge >= 0.3 is 0 Å². The molecule has 1 heterocycles. The number of rotatable bonds is 9. The van der Waals surface area contributed by atoms with Crippen LogP contribution in [0.2, 0.25) is 0 Å². The first-order valence-electron chi connectivity index (χ1n) is 11.1. The molecule has 0 saturated heterocycles. The molecule has 164 valence electrons. The zero-order valence-electron chi connectivity index (χ0n) is 18.8. The Morgan fingerprint density at radius 2 is 1.71 bits per heavy atom. The number of anilines is 1. The third-order valence-electron chi connectivity index (χ3n) is 5.62. The fourth-order valence-electron chi connectivity index (χ4n) is 3.88. The Labute approximate surface area is 183 Å². The van der Waals surface area contributed by atoms with Crippen LogP contribution in [-0.2, 0) is 19.3 Å². The van der Waals surface area contributed by atoms with E-state index in [9.17, 15) is 9.59 Å². The summed E-state index contributed by atoms with van der Waals surface area (Å²) in [4.78, 5) is 26.7. The zero-order valence-corrected chi connectivity index (χ0v) is 18.8. The second kappa shape index (κ2) is 10.3. The van der Waals surface area contributed by atoms with Gasteiger partial charge in [-0.25, -0.2) is 0 Å². The maximum absolute atomic E-state index is 13.4. The number of para-hydroxylation sites is 1. The normalized spacial score (nSPS) is 11.0. The molecule has 1 N–H and O–H groups in total. The molecule has 0 spiro atoms. The van der Waals surface area contributed by atoms with E-state index in [4.69, 9.17) is 9.15 Å². The number of hydrogen-bond donors (Lipinski definition) is 1. The second-order valence-corrected chi connectivity index (χ2v) is 7.66. The second-order valence-electron chi connectivity index (χ2n) is 7.66. The Morgan fingerprint density at radius 3 is 2.32 bits per heavy atom. The van der Waals surface area contributed by atoms with Gasteiger partial charge in [0.1, 0.15) is 22.7 Å². The van der Waals surface area contributed by atoms with Crippen LogP contribution in [0.5, 0.6) is 5.75 Å². The van der Waals surface area contributed by atoms with Crippen molar-refractivity contribution in [2.45, 2.75) is 59.3 Å². The predicted molar refractivity (Wildman–Crippen MR) is 125 cm³/mol. The standard InChI is InChI=1S/C26H31NO4/c1-5-8-9-14-22-23(25(28)20-12-10-11-13-21(20)31-22)26(29)27-24-17(6-2)15-19(30-4)16-18(24)7-3/h10-13,15-16H,5-9,14H2,1-4H3,(H,27,29). The summed E-state index contributed by atoms with van der Waals surface area (Å²) in [5.41, 5.74) is 3.04. The smallest absolute Gasteiger partial charge is 0.263 e. The van der Waals surface area contributed by atoms with Crippen LogP contribution in [-0.4, -0.2) is 13.0 Å². The predicted octanol–water partition coefficient (Wildman–Crippen LogP) is 5.91. The van der Waals surface area contributed by atoms with Crippen molar-refractivity contribution in [3.63, 3.8) is 0 Å². The van der Waals surface area contributed by atoms with Crippen molar-refractivity contribution in [1.82, 2.24) is 0 Å². The first kappa shape index (κ1) is 22.6. The van der Waals surface area contributed by atoms with Gasteiger partial charge in [-0.3, -0.25) is 9.59 Å². The van der Waals surface area contributed by atoms with Crippen molar-refractivity contribution in [2.24, 2.45) is 0 Å². The minimum atomic E-state index is -0.416. The molecule has 0 aliphatic rings. The maximum Gasteiger partial charge on any atom is 0.263 e. The van der Waals surface area contributed by atoms with E-state index in [1.807, 2.05) is 32.0 Å². The Bertz CT molecular complexity index is 1100. The molecule has 0 saturated carbocycles. The zero-order chi connectivity index (χ0) is 22.4. The molecular formula is C26H31NO4. The molecule has 3 rings (SSSR count). The molecule has 0 radical (unpaired) electrons. The molecule has 1 amide bonds. The molecule has 0 aliphatic heterocycles. The number of aryl methyl sites for hydroxylation is 3. The summed E-state index contributed by atoms with van der Waals surface area (Å²) in [6.07, 6.45) is 4.94. The van der Waals surface area contributed by atoms with Crippen LogP contribution in [0.1, 0.15) is 67.3 Å². The van der Waals surface area contributed by atoms with Crippen LogP contribution in [0.4, 0.5) is 5.69 Å². The molecule has 2 aromatic carbocycles. The summed E-state index contributed by atoms with van der Waals surface area (Å²) in [7, 11) is 1.63. The number of carbonyl (C=O) groups is 1. The van der Waals surface area contributed by atoms with E-state index in [0.29, 0.717) is 23.2 Å². The van der Waals surface area contributed by atoms with Gasteiger partial charge in [-0.1, -0.05) is 45.7 Å². The van der Waals surface area contributed by atoms with Crippen molar-refractivity contribution >= 4 is 22.6 Å². The van der Waals surface area contributed by atoms with Crippen LogP contribution in [0.15, 0.2) is 45.6 Å². The van der Waals surface area contributed by atoms with Gasteiger partial charge < -0.3 is 14.5 Å². The molecule has 0 aliphatic carbocycles. The minimum Gasteiger partial charge on any atom is -0.497 e. The van der Waals surface area contributed by atoms with E-state index in [0.717, 1.165) is 54.7 Å². The van der Waals surface area contributed by atoms with Gasteiger partial charge in [-0.15, -0.1) is 0 Å². The first-order chi connectivity index (χ1) is 15.0. The average Bonchev–Trinajstić information content (AvgIpc) is 2.79. The monoisotopic (exact) mass is 421 g/mol. The summed E-state index contributed by atoms with van der Waals surface area (Å²) in [5, 5.41) is 3.45. The van der Waals surface area contributed by atoms with Gasteiger partial charge in [0.05, 0.1) is 12.5 Å². The van der Waals surface area contributed by atoms with Gasteiger partial charge in [0.2, 0.25) is 5.43 Å². The van der Waals surface area contributed by atoms with Gasteiger partial charge in [0.25, 0.3) is 5.91 Å². The van der Waals surface area contributed by atoms with E-state index in [1.165, 1.54) is 0 Å². The topological polar surface area (TPSA) is 68.5 Å². The van der Waals surface area contributed by atoms with Crippen LogP contribution in [0.3, 0.4) is 0 Å². The SMILES string of the molecule is CCCCCc1oc2ccccc2c(=O)c1C(=O)Nc1c(CC)cc(OC)cc1CC. The summed E-state index contributed by atoms with van der Waals surface area (Å²) < 4.78 is 11.5. The lowest BCUT2D eigenvalue weighted by Crippen LogP contribution is -2.25. The van der Waals surface area contributed by atoms with E-state index in [-0.39, 0.29) is 11.0 Å². The van der Waals surface area contributed by atoms with E-state index in [1.54, 1.807) is 25.3 Å². The highest BCUT2D eigenvalue weighted by Crippen LogP contribution is 2.29. The van der Waals surface area contributed by atoms with Crippen molar-refractivity contribution in [3.8, 4) is 5.75 Å². The van der Waals surface area contributed by atoms with Crippen LogP contribution in [0, 0.1) is 0 Å². The molecule has 5 heteroatoms. The molecule has 0 fully saturated rings. The fraction of sp³-hybridized carbons (Fsp3) is 0.385. The Hall–Kier alpha value is -3.08. The summed E-state index contributed by atoms with van der Waals surface area (Å²) in [6, 6.07) is 11.0. The van der Waals surface area contributed by atoms with Crippen LogP contribution < -0.4 is 15.5 Å². The molecule has 1 aromatic heterocycles. The van der Waals surface area contributed by atoms with Crippen molar-refractivity contribution in [3.05, 3.63) is 69.1 Å². The maximum atomic E-state index is 13.4. The highest BCUT2D eigenvalue weighted by Gasteiger charge is 2.22. The van der Waals surface area contributed by atoms with E-state index >= 15 is 0 Å². The molecule has 0 atom stereocenters. The number of methoxy groups -OCH3 is 1. The van der Waals surface area contributed by atoms with Gasteiger partial charge in [-0.2, -0.15) is 0 Å². The van der Waals surface area contributed by atoms with E-state index in [2.05, 4.69) is 12.2 Å². The number of benzene rings is 2. The molecule has 0 unspecified atom stereocenters. The Balaban J connectivity index is 2.09. The number of unbranched alkanes of at least 4 members (excludes halogenated alkanes) is 2. The quantitative estimate of drug-likeness (QED) is 0.436. The molecular weight excluding hydrogens is 390 g/mol. The highest BCUT2D eigenvalue weighted by atomic mass is 16.5. The number of amides is 1. The average molecular weight is 422 g/mol. The summed E-state index contributed by atoms with van der Waals surface area (Å²) >= 11 is 0. The van der Waals surface area contributed by atoms with Crippen molar-refractivity contribution < 1.29 is 13.9 Å². The minimum absolute atomic E-state index is 0.106. The van der Waals surface area contributed by atoms with Crippen molar-refractivity contribution in [1.29, 1.82) is 0 Å². The van der Waals surface area contributed by atoms with Gasteiger partial charge in [0, 0.05) is 12.1 Å². The molecule has 3 aromatic rings. The first-order valence-corrected chi connectivity index (χ1v) is 11.1. The summed E-state index contributed by atoms with van der Waals surface area (Å²) in [6.45, 7) is 6.18. The Kier molecular flexibility index (Phi) is 7.50.